The molecule has 4 aromatic rings. The molecule has 0 saturated carbocycles. The zero-order valence-electron chi connectivity index (χ0n) is 17.7. The molecule has 2 atom stereocenters. The van der Waals surface area contributed by atoms with Gasteiger partial charge in [0.1, 0.15) is 23.2 Å². The number of nitrogens with zero attached hydrogens (tertiary/aromatic N) is 5. The number of fused-ring (bicyclic) bond motifs is 2. The number of imidazole rings is 1. The van der Waals surface area contributed by atoms with Gasteiger partial charge >= 0.3 is 0 Å². The summed E-state index contributed by atoms with van der Waals surface area (Å²) in [6.07, 6.45) is 5.64. The van der Waals surface area contributed by atoms with E-state index in [4.69, 9.17) is 19.6 Å². The smallest absolute Gasteiger partial charge is 0.232 e. The predicted octanol–water partition coefficient (Wildman–Crippen LogP) is 2.88. The first-order valence-electron chi connectivity index (χ1n) is 10.5. The minimum absolute atomic E-state index is 0.128. The van der Waals surface area contributed by atoms with Crippen LogP contribution in [0.5, 0.6) is 5.88 Å². The summed E-state index contributed by atoms with van der Waals surface area (Å²) < 4.78 is 19.1. The summed E-state index contributed by atoms with van der Waals surface area (Å²) in [4.78, 5) is 11.5. The molecule has 31 heavy (non-hydrogen) atoms. The molecule has 5 heterocycles. The van der Waals surface area contributed by atoms with Crippen molar-refractivity contribution in [2.24, 2.45) is 5.73 Å². The van der Waals surface area contributed by atoms with Gasteiger partial charge in [-0.1, -0.05) is 0 Å². The van der Waals surface area contributed by atoms with Crippen LogP contribution < -0.4 is 15.4 Å². The summed E-state index contributed by atoms with van der Waals surface area (Å²) in [7, 11) is 1.74. The van der Waals surface area contributed by atoms with Gasteiger partial charge in [0.05, 0.1) is 24.2 Å². The Morgan fingerprint density at radius 3 is 3.03 bits per heavy atom. The van der Waals surface area contributed by atoms with Crippen LogP contribution in [0.15, 0.2) is 41.1 Å². The van der Waals surface area contributed by atoms with Gasteiger partial charge in [0, 0.05) is 32.5 Å². The summed E-state index contributed by atoms with van der Waals surface area (Å²) in [6.45, 7) is 3.96. The van der Waals surface area contributed by atoms with Crippen molar-refractivity contribution in [1.82, 2.24) is 19.6 Å². The number of pyridine rings is 1. The normalized spacial score (nSPS) is 17.6. The van der Waals surface area contributed by atoms with E-state index in [0.717, 1.165) is 41.9 Å². The number of aromatic nitrogens is 4. The maximum atomic E-state index is 6.20. The molecule has 1 aliphatic heterocycles. The Bertz CT molecular complexity index is 1200. The van der Waals surface area contributed by atoms with Crippen LogP contribution in [0.25, 0.3) is 28.1 Å². The van der Waals surface area contributed by atoms with E-state index in [9.17, 15) is 0 Å². The SMILES string of the molecule is COC[C@H]1CCCN1c1nccc2oc(-c3cnc4ccc(O[C@H](C)CN)nn34)cc12. The van der Waals surface area contributed by atoms with Crippen molar-refractivity contribution in [2.75, 3.05) is 31.7 Å². The summed E-state index contributed by atoms with van der Waals surface area (Å²) in [5.41, 5.74) is 7.90. The molecule has 2 N–H and O–H groups in total. The Kier molecular flexibility index (Phi) is 5.21. The lowest BCUT2D eigenvalue weighted by molar-refractivity contribution is 0.180. The van der Waals surface area contributed by atoms with Gasteiger partial charge in [-0.25, -0.2) is 14.5 Å². The topological polar surface area (TPSA) is 104 Å². The first kappa shape index (κ1) is 19.8. The second-order valence-corrected chi connectivity index (χ2v) is 7.85. The van der Waals surface area contributed by atoms with Crippen molar-refractivity contribution < 1.29 is 13.9 Å². The van der Waals surface area contributed by atoms with Crippen molar-refractivity contribution in [3.05, 3.63) is 36.7 Å². The van der Waals surface area contributed by atoms with Crippen LogP contribution in [0, 0.1) is 0 Å². The maximum Gasteiger partial charge on any atom is 0.232 e. The molecular formula is C22H26N6O3. The van der Waals surface area contributed by atoms with Crippen molar-refractivity contribution in [3.63, 3.8) is 0 Å². The van der Waals surface area contributed by atoms with E-state index in [0.29, 0.717) is 36.5 Å². The van der Waals surface area contributed by atoms with Gasteiger partial charge in [0.15, 0.2) is 11.4 Å². The predicted molar refractivity (Wildman–Crippen MR) is 117 cm³/mol. The Morgan fingerprint density at radius 1 is 1.29 bits per heavy atom. The second-order valence-electron chi connectivity index (χ2n) is 7.85. The van der Waals surface area contributed by atoms with Gasteiger partial charge in [0.2, 0.25) is 5.88 Å². The van der Waals surface area contributed by atoms with Gasteiger partial charge in [-0.3, -0.25) is 0 Å². The van der Waals surface area contributed by atoms with Gasteiger partial charge in [0.25, 0.3) is 0 Å². The zero-order valence-corrected chi connectivity index (χ0v) is 17.7. The molecule has 162 valence electrons. The van der Waals surface area contributed by atoms with Crippen LogP contribution >= 0.6 is 0 Å². The number of methoxy groups -OCH3 is 1. The number of hydrogen-bond acceptors (Lipinski definition) is 8. The van der Waals surface area contributed by atoms with E-state index in [1.165, 1.54) is 0 Å². The number of ether oxygens (including phenoxy) is 2. The van der Waals surface area contributed by atoms with Gasteiger partial charge in [-0.2, -0.15) is 0 Å². The molecule has 1 aliphatic rings. The molecule has 0 aliphatic carbocycles. The fourth-order valence-electron chi connectivity index (χ4n) is 4.13. The van der Waals surface area contributed by atoms with Crippen molar-refractivity contribution >= 4 is 22.4 Å². The highest BCUT2D eigenvalue weighted by Crippen LogP contribution is 2.35. The van der Waals surface area contributed by atoms with Crippen LogP contribution in [0.4, 0.5) is 5.82 Å². The van der Waals surface area contributed by atoms with E-state index in [2.05, 4.69) is 20.0 Å². The molecule has 1 saturated heterocycles. The van der Waals surface area contributed by atoms with E-state index < -0.39 is 0 Å². The van der Waals surface area contributed by atoms with Crippen LogP contribution in [-0.4, -0.2) is 58.5 Å². The number of nitrogens with two attached hydrogens (primary N) is 1. The molecule has 9 nitrogen and oxygen atoms in total. The number of anilines is 1. The average molecular weight is 422 g/mol. The Morgan fingerprint density at radius 2 is 2.19 bits per heavy atom. The Labute approximate surface area is 179 Å². The monoisotopic (exact) mass is 422 g/mol. The van der Waals surface area contributed by atoms with E-state index in [1.54, 1.807) is 30.1 Å². The number of rotatable bonds is 7. The van der Waals surface area contributed by atoms with Gasteiger partial charge < -0.3 is 24.5 Å². The van der Waals surface area contributed by atoms with E-state index in [-0.39, 0.29) is 6.10 Å². The number of hydrogen-bond donors (Lipinski definition) is 1. The average Bonchev–Trinajstić information content (AvgIpc) is 3.51. The molecular weight excluding hydrogens is 396 g/mol. The highest BCUT2D eigenvalue weighted by molar-refractivity contribution is 5.92. The summed E-state index contributed by atoms with van der Waals surface area (Å²) >= 11 is 0. The van der Waals surface area contributed by atoms with Crippen molar-refractivity contribution in [3.8, 4) is 17.3 Å². The van der Waals surface area contributed by atoms with Crippen molar-refractivity contribution in [2.45, 2.75) is 31.9 Å². The van der Waals surface area contributed by atoms with E-state index >= 15 is 0 Å². The minimum Gasteiger partial charge on any atom is -0.472 e. The third kappa shape index (κ3) is 3.60. The molecule has 5 rings (SSSR count). The summed E-state index contributed by atoms with van der Waals surface area (Å²) in [5, 5.41) is 5.55. The largest absolute Gasteiger partial charge is 0.472 e. The van der Waals surface area contributed by atoms with Crippen molar-refractivity contribution in [1.29, 1.82) is 0 Å². The van der Waals surface area contributed by atoms with Crippen LogP contribution in [0.3, 0.4) is 0 Å². The molecule has 0 spiro atoms. The van der Waals surface area contributed by atoms with Gasteiger partial charge in [-0.15, -0.1) is 5.10 Å². The zero-order chi connectivity index (χ0) is 21.4. The first-order chi connectivity index (χ1) is 15.2. The van der Waals surface area contributed by atoms with Crippen LogP contribution in [-0.2, 0) is 4.74 Å². The Balaban J connectivity index is 1.55. The fourth-order valence-corrected chi connectivity index (χ4v) is 4.13. The van der Waals surface area contributed by atoms with Crippen LogP contribution in [0.1, 0.15) is 19.8 Å². The quantitative estimate of drug-likeness (QED) is 0.485. The summed E-state index contributed by atoms with van der Waals surface area (Å²) in [5.74, 6) is 2.09. The maximum absolute atomic E-state index is 6.20. The van der Waals surface area contributed by atoms with Gasteiger partial charge in [-0.05, 0) is 38.0 Å². The molecule has 4 aromatic heterocycles. The lowest BCUT2D eigenvalue weighted by Crippen LogP contribution is -2.33. The molecule has 0 amide bonds. The summed E-state index contributed by atoms with van der Waals surface area (Å²) in [6, 6.07) is 7.88. The molecule has 0 radical (unpaired) electrons. The molecule has 0 bridgehead atoms. The second kappa shape index (κ2) is 8.16. The molecule has 0 aromatic carbocycles. The van der Waals surface area contributed by atoms with E-state index in [1.807, 2.05) is 25.1 Å². The molecule has 1 fully saturated rings. The minimum atomic E-state index is -0.128. The Hall–Kier alpha value is -3.17. The highest BCUT2D eigenvalue weighted by Gasteiger charge is 2.28. The third-order valence-corrected chi connectivity index (χ3v) is 5.68. The standard InChI is InChI=1S/C22H26N6O3/c1-14(11-23)30-21-6-5-20-25-12-17(28(20)26-21)19-10-16-18(31-19)7-8-24-22(16)27-9-3-4-15(27)13-29-2/h5-8,10,12,14-15H,3-4,9,11,13,23H2,1-2H3/t14-,15-/m1/s1. The fraction of sp³-hybridized carbons (Fsp3) is 0.409. The third-order valence-electron chi connectivity index (χ3n) is 5.68. The number of furan rings is 1. The molecule has 9 heteroatoms. The lowest BCUT2D eigenvalue weighted by atomic mass is 10.2. The lowest BCUT2D eigenvalue weighted by Gasteiger charge is -2.25. The highest BCUT2D eigenvalue weighted by atomic mass is 16.5. The van der Waals surface area contributed by atoms with Crippen LogP contribution in [0.2, 0.25) is 0 Å². The first-order valence-corrected chi connectivity index (χ1v) is 10.5. The molecule has 0 unspecified atom stereocenters.